The van der Waals surface area contributed by atoms with E-state index in [0.717, 1.165) is 28.3 Å². The number of rotatable bonds is 5. The summed E-state index contributed by atoms with van der Waals surface area (Å²) in [6.45, 7) is 6.91. The van der Waals surface area contributed by atoms with E-state index in [4.69, 9.17) is 4.74 Å². The number of hydrogen-bond donors (Lipinski definition) is 2. The van der Waals surface area contributed by atoms with Gasteiger partial charge >= 0.3 is 6.03 Å². The minimum atomic E-state index is -0.296. The number of urea groups is 1. The Morgan fingerprint density at radius 1 is 1.19 bits per heavy atom. The van der Waals surface area contributed by atoms with Crippen LogP contribution in [0.4, 0.5) is 16.2 Å². The van der Waals surface area contributed by atoms with Crippen LogP contribution in [0.5, 0.6) is 5.75 Å². The second kappa shape index (κ2) is 8.12. The Balaban J connectivity index is 1.60. The van der Waals surface area contributed by atoms with Gasteiger partial charge in [0.2, 0.25) is 5.91 Å². The summed E-state index contributed by atoms with van der Waals surface area (Å²) in [5.41, 5.74) is 3.66. The molecule has 0 radical (unpaired) electrons. The van der Waals surface area contributed by atoms with Gasteiger partial charge in [0.15, 0.2) is 0 Å². The van der Waals surface area contributed by atoms with Gasteiger partial charge in [-0.2, -0.15) is 0 Å². The van der Waals surface area contributed by atoms with Gasteiger partial charge in [-0.3, -0.25) is 4.79 Å². The summed E-state index contributed by atoms with van der Waals surface area (Å²) >= 11 is 0. The van der Waals surface area contributed by atoms with E-state index in [1.807, 2.05) is 63.2 Å². The minimum Gasteiger partial charge on any atom is -0.494 e. The van der Waals surface area contributed by atoms with Crippen LogP contribution in [0, 0.1) is 13.8 Å². The maximum Gasteiger partial charge on any atom is 0.319 e. The highest BCUT2D eigenvalue weighted by Crippen LogP contribution is 2.24. The molecule has 0 bridgehead atoms. The molecule has 1 aliphatic rings. The molecule has 6 heteroatoms. The van der Waals surface area contributed by atoms with E-state index in [0.29, 0.717) is 13.2 Å². The molecule has 1 saturated heterocycles. The van der Waals surface area contributed by atoms with E-state index >= 15 is 0 Å². The average Bonchev–Trinajstić information content (AvgIpc) is 2.99. The predicted molar refractivity (Wildman–Crippen MR) is 106 cm³/mol. The lowest BCUT2D eigenvalue weighted by atomic mass is 10.1. The van der Waals surface area contributed by atoms with Crippen LogP contribution in [0.15, 0.2) is 42.5 Å². The summed E-state index contributed by atoms with van der Waals surface area (Å²) in [7, 11) is 0. The fourth-order valence-electron chi connectivity index (χ4n) is 3.16. The van der Waals surface area contributed by atoms with Crippen LogP contribution < -0.4 is 20.3 Å². The number of carbonyl (C=O) groups excluding carboxylic acids is 2. The van der Waals surface area contributed by atoms with Crippen LogP contribution >= 0.6 is 0 Å². The summed E-state index contributed by atoms with van der Waals surface area (Å²) in [4.78, 5) is 26.4. The molecule has 0 spiro atoms. The number of hydrogen-bond acceptors (Lipinski definition) is 3. The summed E-state index contributed by atoms with van der Waals surface area (Å²) < 4.78 is 5.43. The first-order valence-electron chi connectivity index (χ1n) is 9.14. The Bertz CT molecular complexity index is 833. The zero-order chi connectivity index (χ0) is 19.4. The van der Waals surface area contributed by atoms with Crippen LogP contribution in [0.25, 0.3) is 0 Å². The summed E-state index contributed by atoms with van der Waals surface area (Å²) in [5, 5.41) is 5.77. The lowest BCUT2D eigenvalue weighted by Gasteiger charge is -2.18. The van der Waals surface area contributed by atoms with E-state index in [2.05, 4.69) is 10.6 Å². The maximum absolute atomic E-state index is 12.4. The molecule has 1 atom stereocenters. The van der Waals surface area contributed by atoms with E-state index in [1.165, 1.54) is 0 Å². The lowest BCUT2D eigenvalue weighted by molar-refractivity contribution is -0.117. The third-order valence-corrected chi connectivity index (χ3v) is 4.56. The zero-order valence-electron chi connectivity index (χ0n) is 15.9. The van der Waals surface area contributed by atoms with Gasteiger partial charge in [0.25, 0.3) is 0 Å². The van der Waals surface area contributed by atoms with E-state index in [1.54, 1.807) is 4.90 Å². The van der Waals surface area contributed by atoms with Crippen molar-refractivity contribution in [2.45, 2.75) is 33.2 Å². The minimum absolute atomic E-state index is 0.00352. The second-order valence-corrected chi connectivity index (χ2v) is 6.75. The number of aryl methyl sites for hydroxylation is 2. The predicted octanol–water partition coefficient (Wildman–Crippen LogP) is 3.63. The van der Waals surface area contributed by atoms with Crippen molar-refractivity contribution < 1.29 is 14.3 Å². The highest BCUT2D eigenvalue weighted by Gasteiger charge is 2.31. The summed E-state index contributed by atoms with van der Waals surface area (Å²) in [6.07, 6.45) is 0.285. The number of anilines is 2. The fourth-order valence-corrected chi connectivity index (χ4v) is 3.16. The van der Waals surface area contributed by atoms with Gasteiger partial charge in [-0.15, -0.1) is 0 Å². The summed E-state index contributed by atoms with van der Waals surface area (Å²) in [6, 6.07) is 12.8. The van der Waals surface area contributed by atoms with Crippen molar-refractivity contribution in [2.24, 2.45) is 0 Å². The Morgan fingerprint density at radius 2 is 1.93 bits per heavy atom. The molecule has 3 amide bonds. The third-order valence-electron chi connectivity index (χ3n) is 4.56. The first kappa shape index (κ1) is 18.8. The van der Waals surface area contributed by atoms with E-state index in [9.17, 15) is 9.59 Å². The first-order chi connectivity index (χ1) is 13.0. The molecule has 1 fully saturated rings. The number of benzene rings is 2. The lowest BCUT2D eigenvalue weighted by Crippen LogP contribution is -2.39. The van der Waals surface area contributed by atoms with Crippen molar-refractivity contribution in [3.05, 3.63) is 53.6 Å². The maximum atomic E-state index is 12.4. The molecule has 2 N–H and O–H groups in total. The molecule has 27 heavy (non-hydrogen) atoms. The third kappa shape index (κ3) is 4.58. The smallest absolute Gasteiger partial charge is 0.319 e. The van der Waals surface area contributed by atoms with E-state index in [-0.39, 0.29) is 24.4 Å². The Labute approximate surface area is 159 Å². The zero-order valence-corrected chi connectivity index (χ0v) is 15.9. The van der Waals surface area contributed by atoms with Crippen LogP contribution in [0.3, 0.4) is 0 Å². The van der Waals surface area contributed by atoms with Gasteiger partial charge in [-0.25, -0.2) is 4.79 Å². The topological polar surface area (TPSA) is 70.7 Å². The van der Waals surface area contributed by atoms with Gasteiger partial charge in [0.1, 0.15) is 5.75 Å². The number of ether oxygens (including phenoxy) is 1. The summed E-state index contributed by atoms with van der Waals surface area (Å²) in [5.74, 6) is 0.770. The van der Waals surface area contributed by atoms with Crippen molar-refractivity contribution in [3.63, 3.8) is 0 Å². The molecular weight excluding hydrogens is 342 g/mol. The second-order valence-electron chi connectivity index (χ2n) is 6.75. The molecule has 1 heterocycles. The van der Waals surface area contributed by atoms with Crippen molar-refractivity contribution >= 4 is 23.3 Å². The molecule has 2 aromatic carbocycles. The van der Waals surface area contributed by atoms with Gasteiger partial charge in [0, 0.05) is 24.3 Å². The monoisotopic (exact) mass is 367 g/mol. The van der Waals surface area contributed by atoms with Crippen LogP contribution in [0.2, 0.25) is 0 Å². The van der Waals surface area contributed by atoms with Gasteiger partial charge in [-0.1, -0.05) is 12.1 Å². The molecule has 0 aromatic heterocycles. The van der Waals surface area contributed by atoms with Gasteiger partial charge < -0.3 is 20.3 Å². The molecule has 6 nitrogen and oxygen atoms in total. The standard InChI is InChI=1S/C21H25N3O3/c1-4-27-18-9-7-17(8-10-18)24-13-16(12-20(24)25)22-21(26)23-19-11-14(2)5-6-15(19)3/h5-11,16H,4,12-13H2,1-3H3,(H2,22,23,26)/t16-/m1/s1. The van der Waals surface area contributed by atoms with Crippen LogP contribution in [0.1, 0.15) is 24.5 Å². The molecular formula is C21H25N3O3. The average molecular weight is 367 g/mol. The number of nitrogens with one attached hydrogen (secondary N) is 2. The van der Waals surface area contributed by atoms with Crippen molar-refractivity contribution in [3.8, 4) is 5.75 Å². The fraction of sp³-hybridized carbons (Fsp3) is 0.333. The highest BCUT2D eigenvalue weighted by atomic mass is 16.5. The first-order valence-corrected chi connectivity index (χ1v) is 9.14. The van der Waals surface area contributed by atoms with Crippen molar-refractivity contribution in [1.82, 2.24) is 5.32 Å². The van der Waals surface area contributed by atoms with E-state index < -0.39 is 0 Å². The number of amides is 3. The molecule has 1 aliphatic heterocycles. The SMILES string of the molecule is CCOc1ccc(N2C[C@H](NC(=O)Nc3cc(C)ccc3C)CC2=O)cc1. The van der Waals surface area contributed by atoms with Crippen LogP contribution in [-0.4, -0.2) is 31.1 Å². The normalized spacial score (nSPS) is 16.3. The van der Waals surface area contributed by atoms with Gasteiger partial charge in [-0.05, 0) is 62.2 Å². The quantitative estimate of drug-likeness (QED) is 0.848. The molecule has 0 aliphatic carbocycles. The Hall–Kier alpha value is -3.02. The molecule has 0 unspecified atom stereocenters. The molecule has 142 valence electrons. The molecule has 3 rings (SSSR count). The highest BCUT2D eigenvalue weighted by molar-refractivity contribution is 5.97. The van der Waals surface area contributed by atoms with Crippen molar-refractivity contribution in [1.29, 1.82) is 0 Å². The molecule has 2 aromatic rings. The largest absolute Gasteiger partial charge is 0.494 e. The molecule has 0 saturated carbocycles. The van der Waals surface area contributed by atoms with Gasteiger partial charge in [0.05, 0.1) is 12.6 Å². The number of nitrogens with zero attached hydrogens (tertiary/aromatic N) is 1. The van der Waals surface area contributed by atoms with Crippen molar-refractivity contribution in [2.75, 3.05) is 23.4 Å². The van der Waals surface area contributed by atoms with Crippen LogP contribution in [-0.2, 0) is 4.79 Å². The Morgan fingerprint density at radius 3 is 2.63 bits per heavy atom. The Kier molecular flexibility index (Phi) is 5.64. The number of carbonyl (C=O) groups is 2.